The van der Waals surface area contributed by atoms with Gasteiger partial charge in [-0.3, -0.25) is 0 Å². The number of hydrogen-bond donors (Lipinski definition) is 2. The molecule has 0 bridgehead atoms. The molecule has 3 heteroatoms. The SMILES string of the molecule is Cc1ccc2nc(CNc3ccccc3C)[nH]c2c1. The van der Waals surface area contributed by atoms with Gasteiger partial charge in [0.1, 0.15) is 5.82 Å². The number of benzene rings is 2. The number of anilines is 1. The van der Waals surface area contributed by atoms with Gasteiger partial charge in [-0.2, -0.15) is 0 Å². The number of para-hydroxylation sites is 1. The number of imidazole rings is 1. The fourth-order valence-corrected chi connectivity index (χ4v) is 2.21. The fraction of sp³-hybridized carbons (Fsp3) is 0.188. The van der Waals surface area contributed by atoms with Gasteiger partial charge in [-0.05, 0) is 43.2 Å². The molecule has 0 spiro atoms. The lowest BCUT2D eigenvalue weighted by Crippen LogP contribution is -2.02. The Morgan fingerprint density at radius 1 is 1.11 bits per heavy atom. The van der Waals surface area contributed by atoms with E-state index >= 15 is 0 Å². The lowest BCUT2D eigenvalue weighted by atomic mass is 10.2. The molecule has 0 aliphatic rings. The predicted octanol–water partition coefficient (Wildman–Crippen LogP) is 3.79. The second-order valence-electron chi connectivity index (χ2n) is 4.87. The third-order valence-corrected chi connectivity index (χ3v) is 3.28. The molecular weight excluding hydrogens is 234 g/mol. The lowest BCUT2D eigenvalue weighted by Gasteiger charge is -2.07. The van der Waals surface area contributed by atoms with Crippen molar-refractivity contribution in [2.75, 3.05) is 5.32 Å². The molecule has 0 saturated carbocycles. The number of aromatic amines is 1. The van der Waals surface area contributed by atoms with Crippen LogP contribution < -0.4 is 5.32 Å². The number of nitrogens with one attached hydrogen (secondary N) is 2. The van der Waals surface area contributed by atoms with E-state index in [9.17, 15) is 0 Å². The van der Waals surface area contributed by atoms with Gasteiger partial charge in [-0.15, -0.1) is 0 Å². The standard InChI is InChI=1S/C16H17N3/c1-11-7-8-14-15(9-11)19-16(18-14)10-17-13-6-4-3-5-12(13)2/h3-9,17H,10H2,1-2H3,(H,18,19). The molecule has 2 N–H and O–H groups in total. The Morgan fingerprint density at radius 2 is 1.95 bits per heavy atom. The van der Waals surface area contributed by atoms with Gasteiger partial charge in [-0.1, -0.05) is 24.3 Å². The van der Waals surface area contributed by atoms with Crippen molar-refractivity contribution in [3.63, 3.8) is 0 Å². The molecule has 19 heavy (non-hydrogen) atoms. The molecule has 0 aliphatic heterocycles. The number of aromatic nitrogens is 2. The van der Waals surface area contributed by atoms with E-state index in [0.29, 0.717) is 6.54 Å². The number of nitrogens with zero attached hydrogens (tertiary/aromatic N) is 1. The summed E-state index contributed by atoms with van der Waals surface area (Å²) in [5.74, 6) is 0.962. The maximum absolute atomic E-state index is 4.58. The molecule has 0 atom stereocenters. The summed E-state index contributed by atoms with van der Waals surface area (Å²) in [4.78, 5) is 7.93. The molecule has 0 radical (unpaired) electrons. The Labute approximate surface area is 112 Å². The molecule has 0 unspecified atom stereocenters. The second kappa shape index (κ2) is 4.76. The molecule has 3 aromatic rings. The molecule has 1 heterocycles. The first-order chi connectivity index (χ1) is 9.22. The van der Waals surface area contributed by atoms with Gasteiger partial charge >= 0.3 is 0 Å². The maximum atomic E-state index is 4.58. The van der Waals surface area contributed by atoms with Gasteiger partial charge in [0, 0.05) is 5.69 Å². The van der Waals surface area contributed by atoms with Crippen LogP contribution in [0.1, 0.15) is 17.0 Å². The van der Waals surface area contributed by atoms with Crippen LogP contribution in [0, 0.1) is 13.8 Å². The highest BCUT2D eigenvalue weighted by Crippen LogP contribution is 2.16. The summed E-state index contributed by atoms with van der Waals surface area (Å²) in [5.41, 5.74) is 5.76. The van der Waals surface area contributed by atoms with Crippen molar-refractivity contribution in [1.82, 2.24) is 9.97 Å². The first-order valence-corrected chi connectivity index (χ1v) is 6.47. The summed E-state index contributed by atoms with van der Waals surface area (Å²) in [7, 11) is 0. The van der Waals surface area contributed by atoms with E-state index in [-0.39, 0.29) is 0 Å². The van der Waals surface area contributed by atoms with Crippen molar-refractivity contribution >= 4 is 16.7 Å². The summed E-state index contributed by atoms with van der Waals surface area (Å²) in [6.07, 6.45) is 0. The monoisotopic (exact) mass is 251 g/mol. The van der Waals surface area contributed by atoms with E-state index in [4.69, 9.17) is 0 Å². The van der Waals surface area contributed by atoms with Gasteiger partial charge in [0.25, 0.3) is 0 Å². The molecular formula is C16H17N3. The molecule has 0 amide bonds. The van der Waals surface area contributed by atoms with Gasteiger partial charge in [0.2, 0.25) is 0 Å². The Kier molecular flexibility index (Phi) is 2.95. The number of aryl methyl sites for hydroxylation is 2. The van der Waals surface area contributed by atoms with Gasteiger partial charge in [0.15, 0.2) is 0 Å². The minimum absolute atomic E-state index is 0.707. The molecule has 1 aromatic heterocycles. The molecule has 3 rings (SSSR count). The lowest BCUT2D eigenvalue weighted by molar-refractivity contribution is 1.01. The van der Waals surface area contributed by atoms with Crippen LogP contribution in [0.15, 0.2) is 42.5 Å². The Balaban J connectivity index is 1.80. The second-order valence-corrected chi connectivity index (χ2v) is 4.87. The first kappa shape index (κ1) is 11.8. The van der Waals surface area contributed by atoms with Crippen molar-refractivity contribution in [2.24, 2.45) is 0 Å². The third-order valence-electron chi connectivity index (χ3n) is 3.28. The first-order valence-electron chi connectivity index (χ1n) is 6.47. The molecule has 2 aromatic carbocycles. The zero-order chi connectivity index (χ0) is 13.2. The highest BCUT2D eigenvalue weighted by Gasteiger charge is 2.03. The highest BCUT2D eigenvalue weighted by atomic mass is 15.0. The van der Waals surface area contributed by atoms with Gasteiger partial charge in [-0.25, -0.2) is 4.98 Å². The van der Waals surface area contributed by atoms with Crippen LogP contribution in [-0.2, 0) is 6.54 Å². The van der Waals surface area contributed by atoms with Crippen molar-refractivity contribution in [2.45, 2.75) is 20.4 Å². The van der Waals surface area contributed by atoms with Crippen LogP contribution in [0.25, 0.3) is 11.0 Å². The number of fused-ring (bicyclic) bond motifs is 1. The van der Waals surface area contributed by atoms with E-state index < -0.39 is 0 Å². The van der Waals surface area contributed by atoms with Crippen LogP contribution in [0.2, 0.25) is 0 Å². The Morgan fingerprint density at radius 3 is 2.79 bits per heavy atom. The van der Waals surface area contributed by atoms with E-state index in [0.717, 1.165) is 22.5 Å². The average molecular weight is 251 g/mol. The quantitative estimate of drug-likeness (QED) is 0.743. The van der Waals surface area contributed by atoms with Crippen molar-refractivity contribution < 1.29 is 0 Å². The number of H-pyrrole nitrogens is 1. The summed E-state index contributed by atoms with van der Waals surface area (Å²) >= 11 is 0. The van der Waals surface area contributed by atoms with Crippen molar-refractivity contribution in [1.29, 1.82) is 0 Å². The molecule has 0 aliphatic carbocycles. The van der Waals surface area contributed by atoms with Crippen molar-refractivity contribution in [3.05, 3.63) is 59.4 Å². The molecule has 0 fully saturated rings. The largest absolute Gasteiger partial charge is 0.378 e. The summed E-state index contributed by atoms with van der Waals surface area (Å²) in [6.45, 7) is 4.90. The van der Waals surface area contributed by atoms with Crippen molar-refractivity contribution in [3.8, 4) is 0 Å². The zero-order valence-corrected chi connectivity index (χ0v) is 11.2. The zero-order valence-electron chi connectivity index (χ0n) is 11.2. The summed E-state index contributed by atoms with van der Waals surface area (Å²) < 4.78 is 0. The van der Waals surface area contributed by atoms with Gasteiger partial charge < -0.3 is 10.3 Å². The van der Waals surface area contributed by atoms with Crippen LogP contribution in [0.5, 0.6) is 0 Å². The van der Waals surface area contributed by atoms with E-state index in [1.54, 1.807) is 0 Å². The Hall–Kier alpha value is -2.29. The summed E-state index contributed by atoms with van der Waals surface area (Å²) in [5, 5.41) is 3.41. The number of rotatable bonds is 3. The molecule has 0 saturated heterocycles. The minimum atomic E-state index is 0.707. The maximum Gasteiger partial charge on any atom is 0.126 e. The minimum Gasteiger partial charge on any atom is -0.378 e. The van der Waals surface area contributed by atoms with Crippen LogP contribution in [0.4, 0.5) is 5.69 Å². The van der Waals surface area contributed by atoms with E-state index in [1.165, 1.54) is 11.1 Å². The normalized spacial score (nSPS) is 10.8. The van der Waals surface area contributed by atoms with Gasteiger partial charge in [0.05, 0.1) is 17.6 Å². The predicted molar refractivity (Wildman–Crippen MR) is 79.3 cm³/mol. The molecule has 96 valence electrons. The molecule has 3 nitrogen and oxygen atoms in total. The fourth-order valence-electron chi connectivity index (χ4n) is 2.21. The summed E-state index contributed by atoms with van der Waals surface area (Å²) in [6, 6.07) is 14.5. The smallest absolute Gasteiger partial charge is 0.126 e. The highest BCUT2D eigenvalue weighted by molar-refractivity contribution is 5.75. The van der Waals surface area contributed by atoms with Crippen LogP contribution in [0.3, 0.4) is 0 Å². The van der Waals surface area contributed by atoms with Crippen LogP contribution in [-0.4, -0.2) is 9.97 Å². The third kappa shape index (κ3) is 2.45. The van der Waals surface area contributed by atoms with E-state index in [2.05, 4.69) is 59.5 Å². The van der Waals surface area contributed by atoms with E-state index in [1.807, 2.05) is 12.1 Å². The number of hydrogen-bond acceptors (Lipinski definition) is 2. The average Bonchev–Trinajstić information content (AvgIpc) is 2.79. The topological polar surface area (TPSA) is 40.7 Å². The Bertz CT molecular complexity index is 713. The van der Waals surface area contributed by atoms with Crippen LogP contribution >= 0.6 is 0 Å².